The SMILES string of the molecule is O=C(O)c1cc(Cl)nc(Sc2ccc(Br)cn2)c1. The summed E-state index contributed by atoms with van der Waals surface area (Å²) < 4.78 is 0.872. The first-order chi connectivity index (χ1) is 8.54. The minimum absolute atomic E-state index is 0.106. The Labute approximate surface area is 121 Å². The van der Waals surface area contributed by atoms with Gasteiger partial charge in [-0.15, -0.1) is 0 Å². The summed E-state index contributed by atoms with van der Waals surface area (Å²) in [7, 11) is 0. The maximum Gasteiger partial charge on any atom is 0.335 e. The van der Waals surface area contributed by atoms with Gasteiger partial charge in [-0.2, -0.15) is 0 Å². The number of hydrogen-bond donors (Lipinski definition) is 1. The van der Waals surface area contributed by atoms with Crippen molar-refractivity contribution in [3.8, 4) is 0 Å². The standard InChI is InChI=1S/C11H6BrClN2O2S/c12-7-1-2-9(14-5-7)18-10-4-6(11(16)17)3-8(13)15-10/h1-5H,(H,16,17). The maximum atomic E-state index is 10.9. The molecular formula is C11H6BrClN2O2S. The molecule has 0 aliphatic heterocycles. The number of pyridine rings is 2. The fourth-order valence-corrected chi connectivity index (χ4v) is 2.46. The Bertz CT molecular complexity index is 592. The largest absolute Gasteiger partial charge is 0.478 e. The summed E-state index contributed by atoms with van der Waals surface area (Å²) in [5.41, 5.74) is 0.106. The van der Waals surface area contributed by atoms with Crippen molar-refractivity contribution in [2.24, 2.45) is 0 Å². The first-order valence-corrected chi connectivity index (χ1v) is 6.73. The molecule has 0 amide bonds. The highest BCUT2D eigenvalue weighted by atomic mass is 79.9. The van der Waals surface area contributed by atoms with E-state index in [1.807, 2.05) is 6.07 Å². The van der Waals surface area contributed by atoms with E-state index in [4.69, 9.17) is 16.7 Å². The molecule has 0 atom stereocenters. The van der Waals surface area contributed by atoms with E-state index < -0.39 is 5.97 Å². The summed E-state index contributed by atoms with van der Waals surface area (Å²) in [5.74, 6) is -1.04. The summed E-state index contributed by atoms with van der Waals surface area (Å²) >= 11 is 10.3. The van der Waals surface area contributed by atoms with Crippen LogP contribution in [0.5, 0.6) is 0 Å². The van der Waals surface area contributed by atoms with Crippen LogP contribution in [0.2, 0.25) is 5.15 Å². The molecule has 0 aliphatic rings. The summed E-state index contributed by atoms with van der Waals surface area (Å²) in [4.78, 5) is 19.1. The number of carboxylic acid groups (broad SMARTS) is 1. The smallest absolute Gasteiger partial charge is 0.335 e. The quantitative estimate of drug-likeness (QED) is 0.859. The van der Waals surface area contributed by atoms with Gasteiger partial charge in [-0.25, -0.2) is 14.8 Å². The average Bonchev–Trinajstić information content (AvgIpc) is 2.31. The molecule has 2 heterocycles. The van der Waals surface area contributed by atoms with Crippen LogP contribution in [-0.2, 0) is 0 Å². The third-order valence-electron chi connectivity index (χ3n) is 1.93. The lowest BCUT2D eigenvalue weighted by Crippen LogP contribution is -1.97. The predicted octanol–water partition coefficient (Wildman–Crippen LogP) is 3.74. The molecule has 18 heavy (non-hydrogen) atoms. The van der Waals surface area contributed by atoms with E-state index in [0.717, 1.165) is 4.47 Å². The molecule has 0 aliphatic carbocycles. The van der Waals surface area contributed by atoms with Crippen LogP contribution in [0.3, 0.4) is 0 Å². The van der Waals surface area contributed by atoms with Gasteiger partial charge in [0.25, 0.3) is 0 Å². The van der Waals surface area contributed by atoms with Crippen LogP contribution in [0.25, 0.3) is 0 Å². The Balaban J connectivity index is 2.28. The zero-order valence-corrected chi connectivity index (χ0v) is 12.0. The van der Waals surface area contributed by atoms with Crippen LogP contribution in [0, 0.1) is 0 Å². The highest BCUT2D eigenvalue weighted by molar-refractivity contribution is 9.10. The molecule has 2 aromatic rings. The van der Waals surface area contributed by atoms with Gasteiger partial charge >= 0.3 is 5.97 Å². The van der Waals surface area contributed by atoms with Crippen LogP contribution in [0.1, 0.15) is 10.4 Å². The normalized spacial score (nSPS) is 10.3. The van der Waals surface area contributed by atoms with Crippen LogP contribution in [0.15, 0.2) is 45.0 Å². The van der Waals surface area contributed by atoms with Gasteiger partial charge < -0.3 is 5.11 Å². The van der Waals surface area contributed by atoms with Gasteiger partial charge in [-0.05, 0) is 40.2 Å². The minimum Gasteiger partial charge on any atom is -0.478 e. The molecule has 0 saturated carbocycles. The second-order valence-electron chi connectivity index (χ2n) is 3.24. The minimum atomic E-state index is -1.04. The number of rotatable bonds is 3. The van der Waals surface area contributed by atoms with Crippen molar-refractivity contribution in [2.45, 2.75) is 10.1 Å². The molecule has 0 aromatic carbocycles. The number of carbonyl (C=O) groups is 1. The van der Waals surface area contributed by atoms with Gasteiger partial charge in [0.05, 0.1) is 5.56 Å². The number of aromatic carboxylic acids is 1. The van der Waals surface area contributed by atoms with Gasteiger partial charge in [0.1, 0.15) is 15.2 Å². The van der Waals surface area contributed by atoms with E-state index in [-0.39, 0.29) is 10.7 Å². The van der Waals surface area contributed by atoms with Crippen LogP contribution in [-0.4, -0.2) is 21.0 Å². The van der Waals surface area contributed by atoms with Gasteiger partial charge in [-0.1, -0.05) is 23.4 Å². The van der Waals surface area contributed by atoms with Gasteiger partial charge in [-0.3, -0.25) is 0 Å². The van der Waals surface area contributed by atoms with Crippen molar-refractivity contribution in [3.05, 3.63) is 45.7 Å². The molecule has 0 spiro atoms. The van der Waals surface area contributed by atoms with Crippen LogP contribution < -0.4 is 0 Å². The number of halogens is 2. The Morgan fingerprint density at radius 3 is 2.72 bits per heavy atom. The molecule has 7 heteroatoms. The molecule has 0 saturated heterocycles. The number of nitrogens with zero attached hydrogens (tertiary/aromatic N) is 2. The Kier molecular flexibility index (Phi) is 4.21. The van der Waals surface area contributed by atoms with Gasteiger partial charge in [0.15, 0.2) is 0 Å². The molecule has 92 valence electrons. The Morgan fingerprint density at radius 1 is 1.33 bits per heavy atom. The van der Waals surface area contributed by atoms with E-state index in [9.17, 15) is 4.79 Å². The fraction of sp³-hybridized carbons (Fsp3) is 0. The van der Waals surface area contributed by atoms with E-state index in [0.29, 0.717) is 10.1 Å². The number of carboxylic acids is 1. The summed E-state index contributed by atoms with van der Waals surface area (Å²) in [6.45, 7) is 0. The zero-order valence-electron chi connectivity index (χ0n) is 8.80. The van der Waals surface area contributed by atoms with E-state index >= 15 is 0 Å². The molecule has 1 N–H and O–H groups in total. The van der Waals surface area contributed by atoms with Crippen LogP contribution in [0.4, 0.5) is 0 Å². The topological polar surface area (TPSA) is 63.1 Å². The van der Waals surface area contributed by atoms with Crippen molar-refractivity contribution < 1.29 is 9.90 Å². The van der Waals surface area contributed by atoms with Gasteiger partial charge in [0, 0.05) is 10.7 Å². The molecule has 4 nitrogen and oxygen atoms in total. The third-order valence-corrected chi connectivity index (χ3v) is 3.46. The van der Waals surface area contributed by atoms with E-state index in [2.05, 4.69) is 25.9 Å². The highest BCUT2D eigenvalue weighted by Gasteiger charge is 2.09. The monoisotopic (exact) mass is 344 g/mol. The molecule has 2 rings (SSSR count). The summed E-state index contributed by atoms with van der Waals surface area (Å²) in [6, 6.07) is 6.42. The number of aromatic nitrogens is 2. The Hall–Kier alpha value is -1.11. The molecule has 0 bridgehead atoms. The van der Waals surface area contributed by atoms with Crippen molar-refractivity contribution in [3.63, 3.8) is 0 Å². The second kappa shape index (κ2) is 5.69. The van der Waals surface area contributed by atoms with Crippen LogP contribution >= 0.6 is 39.3 Å². The highest BCUT2D eigenvalue weighted by Crippen LogP contribution is 2.27. The molecule has 2 aromatic heterocycles. The molecular weight excluding hydrogens is 340 g/mol. The first kappa shape index (κ1) is 13.3. The maximum absolute atomic E-state index is 10.9. The van der Waals surface area contributed by atoms with E-state index in [1.54, 1.807) is 12.3 Å². The van der Waals surface area contributed by atoms with Crippen molar-refractivity contribution in [1.82, 2.24) is 9.97 Å². The number of hydrogen-bond acceptors (Lipinski definition) is 4. The fourth-order valence-electron chi connectivity index (χ4n) is 1.18. The average molecular weight is 346 g/mol. The Morgan fingerprint density at radius 2 is 2.11 bits per heavy atom. The summed E-state index contributed by atoms with van der Waals surface area (Å²) in [5, 5.41) is 10.3. The molecule has 0 unspecified atom stereocenters. The van der Waals surface area contributed by atoms with E-state index in [1.165, 1.54) is 23.9 Å². The lowest BCUT2D eigenvalue weighted by Gasteiger charge is -2.02. The lowest BCUT2D eigenvalue weighted by molar-refractivity contribution is 0.0696. The lowest BCUT2D eigenvalue weighted by atomic mass is 10.3. The zero-order chi connectivity index (χ0) is 13.1. The second-order valence-corrected chi connectivity index (χ2v) is 5.58. The molecule has 0 radical (unpaired) electrons. The summed E-state index contributed by atoms with van der Waals surface area (Å²) in [6.07, 6.45) is 1.66. The third kappa shape index (κ3) is 3.44. The first-order valence-electron chi connectivity index (χ1n) is 4.75. The van der Waals surface area contributed by atoms with Crippen molar-refractivity contribution in [1.29, 1.82) is 0 Å². The van der Waals surface area contributed by atoms with Crippen molar-refractivity contribution in [2.75, 3.05) is 0 Å². The predicted molar refractivity (Wildman–Crippen MR) is 72.3 cm³/mol. The molecule has 0 fully saturated rings. The van der Waals surface area contributed by atoms with Gasteiger partial charge in [0.2, 0.25) is 0 Å². The van der Waals surface area contributed by atoms with Crippen molar-refractivity contribution >= 4 is 45.3 Å².